The van der Waals surface area contributed by atoms with E-state index in [1.807, 2.05) is 18.2 Å². The van der Waals surface area contributed by atoms with Crippen LogP contribution in [0.25, 0.3) is 0 Å². The Morgan fingerprint density at radius 3 is 2.32 bits per heavy atom. The van der Waals surface area contributed by atoms with E-state index in [4.69, 9.17) is 14.2 Å². The third kappa shape index (κ3) is 5.06. The maximum atomic E-state index is 12.4. The second kappa shape index (κ2) is 9.84. The minimum absolute atomic E-state index is 0.192. The van der Waals surface area contributed by atoms with Crippen LogP contribution in [0.2, 0.25) is 0 Å². The molecule has 0 saturated carbocycles. The molecule has 6 heteroatoms. The summed E-state index contributed by atoms with van der Waals surface area (Å²) in [7, 11) is 4.56. The minimum Gasteiger partial charge on any atom is -0.493 e. The summed E-state index contributed by atoms with van der Waals surface area (Å²) in [4.78, 5) is 13.7. The second-order valence-electron chi connectivity index (χ2n) is 5.15. The fraction of sp³-hybridized carbons (Fsp3) is 0.316. The van der Waals surface area contributed by atoms with Crippen molar-refractivity contribution in [1.82, 2.24) is 5.32 Å². The number of rotatable bonds is 9. The van der Waals surface area contributed by atoms with Gasteiger partial charge in [-0.3, -0.25) is 4.79 Å². The Bertz CT molecular complexity index is 691. The highest BCUT2D eigenvalue weighted by atomic mass is 32.2. The topological polar surface area (TPSA) is 56.8 Å². The largest absolute Gasteiger partial charge is 0.493 e. The summed E-state index contributed by atoms with van der Waals surface area (Å²) in [5.41, 5.74) is 0.427. The van der Waals surface area contributed by atoms with Crippen LogP contribution < -0.4 is 19.5 Å². The molecule has 0 radical (unpaired) electrons. The molecular formula is C19H23NO4S. The lowest BCUT2D eigenvalue weighted by Gasteiger charge is -2.15. The molecule has 1 amide bonds. The summed E-state index contributed by atoms with van der Waals surface area (Å²) in [5.74, 6) is 2.06. The normalized spacial score (nSPS) is 10.2. The molecule has 0 heterocycles. The van der Waals surface area contributed by atoms with Gasteiger partial charge in [-0.05, 0) is 36.4 Å². The highest BCUT2D eigenvalue weighted by Gasteiger charge is 2.20. The van der Waals surface area contributed by atoms with Crippen molar-refractivity contribution < 1.29 is 19.0 Å². The molecule has 25 heavy (non-hydrogen) atoms. The Morgan fingerprint density at radius 1 is 0.960 bits per heavy atom. The zero-order valence-corrected chi connectivity index (χ0v) is 15.5. The quantitative estimate of drug-likeness (QED) is 0.546. The molecule has 0 aliphatic carbocycles. The maximum Gasteiger partial charge on any atom is 0.255 e. The van der Waals surface area contributed by atoms with Crippen LogP contribution in [0.1, 0.15) is 16.8 Å². The van der Waals surface area contributed by atoms with E-state index in [1.165, 1.54) is 19.1 Å². The van der Waals surface area contributed by atoms with Crippen LogP contribution in [0.15, 0.2) is 47.4 Å². The summed E-state index contributed by atoms with van der Waals surface area (Å²) in [5, 5.41) is 2.92. The highest BCUT2D eigenvalue weighted by molar-refractivity contribution is 7.99. The van der Waals surface area contributed by atoms with Crippen LogP contribution in [0.5, 0.6) is 17.2 Å². The van der Waals surface area contributed by atoms with Crippen LogP contribution in [-0.4, -0.2) is 39.5 Å². The molecule has 0 aliphatic rings. The maximum absolute atomic E-state index is 12.4. The van der Waals surface area contributed by atoms with E-state index in [0.29, 0.717) is 29.4 Å². The predicted molar refractivity (Wildman–Crippen MR) is 100 cm³/mol. The van der Waals surface area contributed by atoms with Crippen molar-refractivity contribution in [1.29, 1.82) is 0 Å². The van der Waals surface area contributed by atoms with Crippen molar-refractivity contribution in [3.05, 3.63) is 48.0 Å². The molecular weight excluding hydrogens is 338 g/mol. The molecule has 2 rings (SSSR count). The lowest BCUT2D eigenvalue weighted by molar-refractivity contribution is 0.0950. The first kappa shape index (κ1) is 19.0. The fourth-order valence-corrected chi connectivity index (χ4v) is 3.23. The Labute approximate surface area is 152 Å². The predicted octanol–water partition coefficient (Wildman–Crippen LogP) is 3.62. The number of nitrogens with one attached hydrogen (secondary N) is 1. The third-order valence-electron chi connectivity index (χ3n) is 3.57. The molecule has 0 spiro atoms. The van der Waals surface area contributed by atoms with Gasteiger partial charge in [0.25, 0.3) is 5.91 Å². The molecule has 134 valence electrons. The van der Waals surface area contributed by atoms with Gasteiger partial charge in [-0.2, -0.15) is 0 Å². The number of amides is 1. The molecule has 0 aromatic heterocycles. The van der Waals surface area contributed by atoms with Crippen LogP contribution in [0.3, 0.4) is 0 Å². The second-order valence-corrected chi connectivity index (χ2v) is 6.32. The zero-order valence-electron chi connectivity index (χ0n) is 14.7. The SMILES string of the molecule is COc1ccc(C(=O)NCCCSc2ccccc2)c(OC)c1OC. The number of hydrogen-bond donors (Lipinski definition) is 1. The third-order valence-corrected chi connectivity index (χ3v) is 4.67. The molecule has 0 unspecified atom stereocenters. The van der Waals surface area contributed by atoms with E-state index in [9.17, 15) is 4.79 Å². The molecule has 0 bridgehead atoms. The van der Waals surface area contributed by atoms with E-state index in [2.05, 4.69) is 17.4 Å². The van der Waals surface area contributed by atoms with Gasteiger partial charge in [0.1, 0.15) is 0 Å². The smallest absolute Gasteiger partial charge is 0.255 e. The van der Waals surface area contributed by atoms with Gasteiger partial charge in [0, 0.05) is 11.4 Å². The van der Waals surface area contributed by atoms with Crippen LogP contribution >= 0.6 is 11.8 Å². The van der Waals surface area contributed by atoms with Crippen molar-refractivity contribution in [3.63, 3.8) is 0 Å². The number of methoxy groups -OCH3 is 3. The Kier molecular flexibility index (Phi) is 7.47. The average Bonchev–Trinajstić information content (AvgIpc) is 2.66. The molecule has 2 aromatic rings. The zero-order chi connectivity index (χ0) is 18.1. The number of benzene rings is 2. The van der Waals surface area contributed by atoms with E-state index in [-0.39, 0.29) is 5.91 Å². The van der Waals surface area contributed by atoms with Crippen LogP contribution in [0, 0.1) is 0 Å². The standard InChI is InChI=1S/C19H23NO4S/c1-22-16-11-10-15(17(23-2)18(16)24-3)19(21)20-12-7-13-25-14-8-5-4-6-9-14/h4-6,8-11H,7,12-13H2,1-3H3,(H,20,21). The van der Waals surface area contributed by atoms with E-state index < -0.39 is 0 Å². The van der Waals surface area contributed by atoms with Crippen molar-refractivity contribution in [2.24, 2.45) is 0 Å². The van der Waals surface area contributed by atoms with Gasteiger partial charge in [-0.15, -0.1) is 11.8 Å². The molecule has 0 atom stereocenters. The van der Waals surface area contributed by atoms with Gasteiger partial charge >= 0.3 is 0 Å². The first-order chi connectivity index (χ1) is 12.2. The molecule has 0 saturated heterocycles. The molecule has 0 aliphatic heterocycles. The monoisotopic (exact) mass is 361 g/mol. The van der Waals surface area contributed by atoms with Crippen LogP contribution in [-0.2, 0) is 0 Å². The molecule has 1 N–H and O–H groups in total. The summed E-state index contributed by atoms with van der Waals surface area (Å²) in [6.45, 7) is 0.593. The number of hydrogen-bond acceptors (Lipinski definition) is 5. The lowest BCUT2D eigenvalue weighted by atomic mass is 10.1. The summed E-state index contributed by atoms with van der Waals surface area (Å²) < 4.78 is 15.9. The number of carbonyl (C=O) groups is 1. The minimum atomic E-state index is -0.192. The van der Waals surface area contributed by atoms with Gasteiger partial charge < -0.3 is 19.5 Å². The van der Waals surface area contributed by atoms with E-state index in [0.717, 1.165) is 12.2 Å². The van der Waals surface area contributed by atoms with Gasteiger partial charge in [-0.1, -0.05) is 18.2 Å². The van der Waals surface area contributed by atoms with Gasteiger partial charge in [-0.25, -0.2) is 0 Å². The molecule has 2 aromatic carbocycles. The number of ether oxygens (including phenoxy) is 3. The van der Waals surface area contributed by atoms with Crippen molar-refractivity contribution in [2.75, 3.05) is 33.6 Å². The molecule has 5 nitrogen and oxygen atoms in total. The first-order valence-electron chi connectivity index (χ1n) is 7.96. The summed E-state index contributed by atoms with van der Waals surface area (Å²) >= 11 is 1.77. The number of carbonyl (C=O) groups excluding carboxylic acids is 1. The highest BCUT2D eigenvalue weighted by Crippen LogP contribution is 2.39. The first-order valence-corrected chi connectivity index (χ1v) is 8.94. The Balaban J connectivity index is 1.90. The summed E-state index contributed by atoms with van der Waals surface area (Å²) in [6.07, 6.45) is 0.876. The van der Waals surface area contributed by atoms with Crippen molar-refractivity contribution in [2.45, 2.75) is 11.3 Å². The van der Waals surface area contributed by atoms with Crippen molar-refractivity contribution >= 4 is 17.7 Å². The van der Waals surface area contributed by atoms with Gasteiger partial charge in [0.05, 0.1) is 26.9 Å². The number of thioether (sulfide) groups is 1. The molecule has 0 fully saturated rings. The van der Waals surface area contributed by atoms with E-state index in [1.54, 1.807) is 31.0 Å². The Morgan fingerprint density at radius 2 is 1.68 bits per heavy atom. The van der Waals surface area contributed by atoms with Gasteiger partial charge in [0.2, 0.25) is 5.75 Å². The summed E-state index contributed by atoms with van der Waals surface area (Å²) in [6, 6.07) is 13.6. The van der Waals surface area contributed by atoms with Crippen molar-refractivity contribution in [3.8, 4) is 17.2 Å². The fourth-order valence-electron chi connectivity index (χ4n) is 2.36. The Hall–Kier alpha value is -2.34. The van der Waals surface area contributed by atoms with Crippen LogP contribution in [0.4, 0.5) is 0 Å². The lowest BCUT2D eigenvalue weighted by Crippen LogP contribution is -2.25. The average molecular weight is 361 g/mol. The van der Waals surface area contributed by atoms with Gasteiger partial charge in [0.15, 0.2) is 11.5 Å². The van der Waals surface area contributed by atoms with E-state index >= 15 is 0 Å².